The maximum absolute atomic E-state index is 12.1. The molecule has 0 aromatic heterocycles. The van der Waals surface area contributed by atoms with Gasteiger partial charge < -0.3 is 5.32 Å². The Morgan fingerprint density at radius 3 is 2.60 bits per heavy atom. The molecule has 1 fully saturated rings. The lowest BCUT2D eigenvalue weighted by molar-refractivity contribution is -0.129. The molecule has 1 aliphatic rings. The first-order valence-electron chi connectivity index (χ1n) is 7.41. The second-order valence-electron chi connectivity index (χ2n) is 5.91. The van der Waals surface area contributed by atoms with Crippen molar-refractivity contribution in [2.75, 3.05) is 0 Å². The van der Waals surface area contributed by atoms with Crippen LogP contribution in [0.5, 0.6) is 0 Å². The van der Waals surface area contributed by atoms with Crippen LogP contribution in [0.2, 0.25) is 0 Å². The van der Waals surface area contributed by atoms with Gasteiger partial charge in [-0.05, 0) is 51.0 Å². The zero-order chi connectivity index (χ0) is 14.5. The van der Waals surface area contributed by atoms with Gasteiger partial charge in [0.05, 0.1) is 6.04 Å². The number of nitrogens with one attached hydrogen (secondary N) is 1. The van der Waals surface area contributed by atoms with E-state index in [1.165, 1.54) is 12.5 Å². The number of hydrogen-bond acceptors (Lipinski definition) is 2. The molecule has 0 aliphatic heterocycles. The van der Waals surface area contributed by atoms with E-state index < -0.39 is 0 Å². The van der Waals surface area contributed by atoms with Gasteiger partial charge in [0.2, 0.25) is 5.91 Å². The van der Waals surface area contributed by atoms with Crippen molar-refractivity contribution in [2.45, 2.75) is 45.6 Å². The van der Waals surface area contributed by atoms with Gasteiger partial charge in [-0.2, -0.15) is 0 Å². The molecule has 1 aliphatic carbocycles. The zero-order valence-corrected chi connectivity index (χ0v) is 12.3. The van der Waals surface area contributed by atoms with E-state index in [0.717, 1.165) is 25.7 Å². The summed E-state index contributed by atoms with van der Waals surface area (Å²) in [5, 5.41) is 2.82. The standard InChI is InChI=1S/C17H23NO2/c1-12(13(2)19)18-17(20)16-9-8-15(11-16)10-14-6-4-3-5-7-14/h3-7,12,15-16H,8-11H2,1-2H3,(H,18,20)/t12-,15-,16+/m0/s1. The molecule has 1 amide bonds. The number of rotatable bonds is 5. The quantitative estimate of drug-likeness (QED) is 0.896. The summed E-state index contributed by atoms with van der Waals surface area (Å²) >= 11 is 0. The van der Waals surface area contributed by atoms with Crippen molar-refractivity contribution < 1.29 is 9.59 Å². The van der Waals surface area contributed by atoms with E-state index in [-0.39, 0.29) is 23.7 Å². The Morgan fingerprint density at radius 1 is 1.25 bits per heavy atom. The van der Waals surface area contributed by atoms with Crippen molar-refractivity contribution in [3.63, 3.8) is 0 Å². The Hall–Kier alpha value is -1.64. The van der Waals surface area contributed by atoms with Crippen molar-refractivity contribution >= 4 is 11.7 Å². The average molecular weight is 273 g/mol. The molecule has 1 saturated carbocycles. The van der Waals surface area contributed by atoms with Gasteiger partial charge in [-0.15, -0.1) is 0 Å². The molecule has 1 aromatic rings. The Balaban J connectivity index is 1.83. The molecule has 3 nitrogen and oxygen atoms in total. The molecule has 0 unspecified atom stereocenters. The summed E-state index contributed by atoms with van der Waals surface area (Å²) in [6.07, 6.45) is 4.02. The minimum atomic E-state index is -0.365. The highest BCUT2D eigenvalue weighted by molar-refractivity contribution is 5.88. The third-order valence-electron chi connectivity index (χ3n) is 4.25. The van der Waals surface area contributed by atoms with Crippen molar-refractivity contribution in [1.82, 2.24) is 5.32 Å². The lowest BCUT2D eigenvalue weighted by atomic mass is 9.96. The summed E-state index contributed by atoms with van der Waals surface area (Å²) in [4.78, 5) is 23.3. The second kappa shape index (κ2) is 6.69. The highest BCUT2D eigenvalue weighted by Crippen LogP contribution is 2.33. The van der Waals surface area contributed by atoms with Crippen LogP contribution in [-0.4, -0.2) is 17.7 Å². The Morgan fingerprint density at radius 2 is 1.95 bits per heavy atom. The topological polar surface area (TPSA) is 46.2 Å². The zero-order valence-electron chi connectivity index (χ0n) is 12.3. The van der Waals surface area contributed by atoms with Gasteiger partial charge in [0.25, 0.3) is 0 Å². The molecule has 0 bridgehead atoms. The monoisotopic (exact) mass is 273 g/mol. The van der Waals surface area contributed by atoms with Gasteiger partial charge in [-0.25, -0.2) is 0 Å². The van der Waals surface area contributed by atoms with Crippen LogP contribution >= 0.6 is 0 Å². The van der Waals surface area contributed by atoms with Gasteiger partial charge in [0.1, 0.15) is 0 Å². The number of benzene rings is 1. The smallest absolute Gasteiger partial charge is 0.223 e. The number of amides is 1. The predicted molar refractivity (Wildman–Crippen MR) is 79.3 cm³/mol. The maximum atomic E-state index is 12.1. The lowest BCUT2D eigenvalue weighted by Crippen LogP contribution is -2.40. The fourth-order valence-electron chi connectivity index (χ4n) is 2.88. The van der Waals surface area contributed by atoms with Crippen LogP contribution in [0.15, 0.2) is 30.3 Å². The third-order valence-corrected chi connectivity index (χ3v) is 4.25. The molecule has 3 atom stereocenters. The van der Waals surface area contributed by atoms with Gasteiger partial charge >= 0.3 is 0 Å². The number of ketones is 1. The van der Waals surface area contributed by atoms with E-state index in [0.29, 0.717) is 5.92 Å². The fourth-order valence-corrected chi connectivity index (χ4v) is 2.88. The first-order valence-corrected chi connectivity index (χ1v) is 7.41. The average Bonchev–Trinajstić information content (AvgIpc) is 2.88. The number of Topliss-reactive ketones (excluding diaryl/α,β-unsaturated/α-hetero) is 1. The number of carbonyl (C=O) groups excluding carboxylic acids is 2. The number of hydrogen-bond donors (Lipinski definition) is 1. The largest absolute Gasteiger partial charge is 0.346 e. The molecule has 3 heteroatoms. The normalized spacial score (nSPS) is 23.3. The van der Waals surface area contributed by atoms with Crippen LogP contribution in [0.4, 0.5) is 0 Å². The summed E-state index contributed by atoms with van der Waals surface area (Å²) in [7, 11) is 0. The third kappa shape index (κ3) is 3.92. The van der Waals surface area contributed by atoms with Gasteiger partial charge in [-0.1, -0.05) is 30.3 Å². The molecule has 0 saturated heterocycles. The highest BCUT2D eigenvalue weighted by Gasteiger charge is 2.30. The highest BCUT2D eigenvalue weighted by atomic mass is 16.2. The van der Waals surface area contributed by atoms with Crippen LogP contribution in [0.1, 0.15) is 38.7 Å². The van der Waals surface area contributed by atoms with Gasteiger partial charge in [-0.3, -0.25) is 9.59 Å². The fraction of sp³-hybridized carbons (Fsp3) is 0.529. The minimum Gasteiger partial charge on any atom is -0.346 e. The molecule has 0 heterocycles. The molecular weight excluding hydrogens is 250 g/mol. The molecular formula is C17H23NO2. The predicted octanol–water partition coefficient (Wildman–Crippen LogP) is 2.74. The van der Waals surface area contributed by atoms with E-state index in [2.05, 4.69) is 29.6 Å². The van der Waals surface area contributed by atoms with Crippen molar-refractivity contribution in [3.05, 3.63) is 35.9 Å². The summed E-state index contributed by atoms with van der Waals surface area (Å²) in [5.74, 6) is 0.715. The van der Waals surface area contributed by atoms with E-state index in [1.54, 1.807) is 6.92 Å². The van der Waals surface area contributed by atoms with Crippen LogP contribution in [0.25, 0.3) is 0 Å². The molecule has 2 rings (SSSR count). The van der Waals surface area contributed by atoms with E-state index in [4.69, 9.17) is 0 Å². The molecule has 0 radical (unpaired) electrons. The van der Waals surface area contributed by atoms with Gasteiger partial charge in [0, 0.05) is 5.92 Å². The van der Waals surface area contributed by atoms with Gasteiger partial charge in [0.15, 0.2) is 5.78 Å². The van der Waals surface area contributed by atoms with Crippen LogP contribution < -0.4 is 5.32 Å². The van der Waals surface area contributed by atoms with E-state index >= 15 is 0 Å². The Labute approximate surface area is 120 Å². The maximum Gasteiger partial charge on any atom is 0.223 e. The SMILES string of the molecule is CC(=O)[C@H](C)NC(=O)[C@@H]1CC[C@@H](Cc2ccccc2)C1. The first-order chi connectivity index (χ1) is 9.56. The summed E-state index contributed by atoms with van der Waals surface area (Å²) in [6.45, 7) is 3.26. The van der Waals surface area contributed by atoms with Crippen molar-refractivity contribution in [1.29, 1.82) is 0 Å². The molecule has 108 valence electrons. The molecule has 1 aromatic carbocycles. The van der Waals surface area contributed by atoms with Crippen molar-refractivity contribution in [2.24, 2.45) is 11.8 Å². The lowest BCUT2D eigenvalue weighted by Gasteiger charge is -2.15. The Bertz CT molecular complexity index is 469. The molecule has 0 spiro atoms. The van der Waals surface area contributed by atoms with Crippen molar-refractivity contribution in [3.8, 4) is 0 Å². The Kier molecular flexibility index (Phi) is 4.94. The summed E-state index contributed by atoms with van der Waals surface area (Å²) < 4.78 is 0. The van der Waals surface area contributed by atoms with Crippen LogP contribution in [-0.2, 0) is 16.0 Å². The second-order valence-corrected chi connectivity index (χ2v) is 5.91. The van der Waals surface area contributed by atoms with Crippen LogP contribution in [0.3, 0.4) is 0 Å². The molecule has 20 heavy (non-hydrogen) atoms. The van der Waals surface area contributed by atoms with E-state index in [1.807, 2.05) is 6.07 Å². The molecule has 1 N–H and O–H groups in total. The van der Waals surface area contributed by atoms with E-state index in [9.17, 15) is 9.59 Å². The first kappa shape index (κ1) is 14.8. The minimum absolute atomic E-state index is 0.0113. The van der Waals surface area contributed by atoms with Crippen LogP contribution in [0, 0.1) is 11.8 Å². The summed E-state index contributed by atoms with van der Waals surface area (Å²) in [5.41, 5.74) is 1.34. The summed E-state index contributed by atoms with van der Waals surface area (Å²) in [6, 6.07) is 10.1. The number of carbonyl (C=O) groups is 2.